The molecule has 0 aliphatic rings. The third-order valence-electron chi connectivity index (χ3n) is 5.38. The predicted molar refractivity (Wildman–Crippen MR) is 124 cm³/mol. The van der Waals surface area contributed by atoms with E-state index in [1.807, 2.05) is 72.8 Å². The summed E-state index contributed by atoms with van der Waals surface area (Å²) in [5.41, 5.74) is 1.47. The topological polar surface area (TPSA) is 45.8 Å². The molecular formula is C26H27NO3S. The zero-order valence-electron chi connectivity index (χ0n) is 17.6. The van der Waals surface area contributed by atoms with E-state index in [0.717, 1.165) is 30.0 Å². The molecule has 5 heteroatoms. The first kappa shape index (κ1) is 21.5. The van der Waals surface area contributed by atoms with Gasteiger partial charge in [0.05, 0.1) is 13.2 Å². The lowest BCUT2D eigenvalue weighted by atomic mass is 9.84. The molecule has 2 heterocycles. The van der Waals surface area contributed by atoms with E-state index in [9.17, 15) is 5.11 Å². The van der Waals surface area contributed by atoms with Crippen LogP contribution < -0.4 is 0 Å². The lowest BCUT2D eigenvalue weighted by Gasteiger charge is -2.27. The smallest absolute Gasteiger partial charge is 0.173 e. The maximum Gasteiger partial charge on any atom is 0.173 e. The highest BCUT2D eigenvalue weighted by Gasteiger charge is 2.37. The average molecular weight is 434 g/mol. The van der Waals surface area contributed by atoms with Gasteiger partial charge in [-0.1, -0.05) is 60.7 Å². The molecular weight excluding hydrogens is 406 g/mol. The van der Waals surface area contributed by atoms with Crippen LogP contribution in [0.2, 0.25) is 0 Å². The molecule has 0 spiro atoms. The van der Waals surface area contributed by atoms with E-state index in [4.69, 9.17) is 9.15 Å². The minimum absolute atomic E-state index is 0.516. The van der Waals surface area contributed by atoms with Crippen molar-refractivity contribution in [3.63, 3.8) is 0 Å². The van der Waals surface area contributed by atoms with Gasteiger partial charge < -0.3 is 14.3 Å². The SMILES string of the molecule is COCCN(Cc1ccsc1)Cc1ccc(C(O)(c2ccccc2)c2ccccc2)o1. The van der Waals surface area contributed by atoms with Crippen molar-refractivity contribution in [2.24, 2.45) is 0 Å². The molecule has 1 N–H and O–H groups in total. The molecule has 0 aliphatic heterocycles. The van der Waals surface area contributed by atoms with Crippen LogP contribution in [-0.4, -0.2) is 30.3 Å². The van der Waals surface area contributed by atoms with Crippen LogP contribution in [0.5, 0.6) is 0 Å². The number of nitrogens with zero attached hydrogens (tertiary/aromatic N) is 1. The van der Waals surface area contributed by atoms with Gasteiger partial charge in [0.1, 0.15) is 11.5 Å². The molecule has 0 fully saturated rings. The summed E-state index contributed by atoms with van der Waals surface area (Å²) in [5.74, 6) is 1.33. The van der Waals surface area contributed by atoms with Crippen LogP contribution in [0, 0.1) is 0 Å². The van der Waals surface area contributed by atoms with E-state index in [0.29, 0.717) is 18.9 Å². The molecule has 2 aromatic heterocycles. The molecule has 2 aromatic carbocycles. The highest BCUT2D eigenvalue weighted by atomic mass is 32.1. The zero-order valence-corrected chi connectivity index (χ0v) is 18.4. The first-order chi connectivity index (χ1) is 15.2. The number of methoxy groups -OCH3 is 1. The van der Waals surface area contributed by atoms with Crippen LogP contribution >= 0.6 is 11.3 Å². The van der Waals surface area contributed by atoms with Crippen molar-refractivity contribution in [2.75, 3.05) is 20.3 Å². The Kier molecular flexibility index (Phi) is 6.99. The van der Waals surface area contributed by atoms with Crippen LogP contribution in [0.25, 0.3) is 0 Å². The van der Waals surface area contributed by atoms with Gasteiger partial charge in [0.15, 0.2) is 5.60 Å². The van der Waals surface area contributed by atoms with Crippen LogP contribution in [0.4, 0.5) is 0 Å². The lowest BCUT2D eigenvalue weighted by molar-refractivity contribution is 0.0932. The second-order valence-electron chi connectivity index (χ2n) is 7.54. The number of ether oxygens (including phenoxy) is 1. The monoisotopic (exact) mass is 433 g/mol. The summed E-state index contributed by atoms with van der Waals surface area (Å²) in [6.07, 6.45) is 0. The molecule has 160 valence electrons. The molecule has 0 saturated carbocycles. The van der Waals surface area contributed by atoms with Gasteiger partial charge in [-0.15, -0.1) is 0 Å². The number of furan rings is 1. The lowest BCUT2D eigenvalue weighted by Crippen LogP contribution is -2.28. The molecule has 0 saturated heterocycles. The second kappa shape index (κ2) is 10.1. The van der Waals surface area contributed by atoms with E-state index in [1.54, 1.807) is 18.4 Å². The minimum atomic E-state index is -1.36. The summed E-state index contributed by atoms with van der Waals surface area (Å²) in [5, 5.41) is 16.2. The third-order valence-corrected chi connectivity index (χ3v) is 6.11. The van der Waals surface area contributed by atoms with Crippen LogP contribution in [0.3, 0.4) is 0 Å². The Balaban J connectivity index is 1.63. The summed E-state index contributed by atoms with van der Waals surface area (Å²) in [7, 11) is 1.72. The van der Waals surface area contributed by atoms with Gasteiger partial charge in [0, 0.05) is 20.2 Å². The summed E-state index contributed by atoms with van der Waals surface area (Å²) in [6, 6.07) is 25.3. The van der Waals surface area contributed by atoms with Gasteiger partial charge in [0.25, 0.3) is 0 Å². The molecule has 0 radical (unpaired) electrons. The molecule has 4 rings (SSSR count). The quantitative estimate of drug-likeness (QED) is 0.370. The number of benzene rings is 2. The Labute approximate surface area is 187 Å². The zero-order chi connectivity index (χ0) is 21.5. The Morgan fingerprint density at radius 1 is 0.903 bits per heavy atom. The molecule has 0 amide bonds. The summed E-state index contributed by atoms with van der Waals surface area (Å²) in [6.45, 7) is 2.91. The second-order valence-corrected chi connectivity index (χ2v) is 8.32. The van der Waals surface area contributed by atoms with E-state index in [1.165, 1.54) is 5.56 Å². The van der Waals surface area contributed by atoms with Gasteiger partial charge in [-0.05, 0) is 45.6 Å². The van der Waals surface area contributed by atoms with Crippen molar-refractivity contribution in [3.8, 4) is 0 Å². The number of thiophene rings is 1. The minimum Gasteiger partial charge on any atom is -0.461 e. The summed E-state index contributed by atoms with van der Waals surface area (Å²) >= 11 is 1.70. The van der Waals surface area contributed by atoms with E-state index >= 15 is 0 Å². The van der Waals surface area contributed by atoms with Gasteiger partial charge >= 0.3 is 0 Å². The van der Waals surface area contributed by atoms with Crippen molar-refractivity contribution >= 4 is 11.3 Å². The average Bonchev–Trinajstić information content (AvgIpc) is 3.51. The normalized spacial score (nSPS) is 11.8. The highest BCUT2D eigenvalue weighted by Crippen LogP contribution is 2.37. The van der Waals surface area contributed by atoms with E-state index < -0.39 is 5.60 Å². The molecule has 0 atom stereocenters. The van der Waals surface area contributed by atoms with Gasteiger partial charge in [-0.2, -0.15) is 11.3 Å². The first-order valence-electron chi connectivity index (χ1n) is 10.3. The number of hydrogen-bond acceptors (Lipinski definition) is 5. The standard InChI is InChI=1S/C26H27NO3S/c1-29-16-15-27(18-21-14-17-31-20-21)19-24-12-13-25(30-24)26(28,22-8-4-2-5-9-22)23-10-6-3-7-11-23/h2-14,17,20,28H,15-16,18-19H2,1H3. The number of hydrogen-bond donors (Lipinski definition) is 1. The van der Waals surface area contributed by atoms with Crippen molar-refractivity contribution in [1.82, 2.24) is 4.90 Å². The molecule has 4 nitrogen and oxygen atoms in total. The van der Waals surface area contributed by atoms with Crippen LogP contribution in [0.15, 0.2) is 94.0 Å². The van der Waals surface area contributed by atoms with E-state index in [-0.39, 0.29) is 0 Å². The molecule has 0 unspecified atom stereocenters. The maximum absolute atomic E-state index is 11.9. The predicted octanol–water partition coefficient (Wildman–Crippen LogP) is 5.27. The molecule has 0 aliphatic carbocycles. The van der Waals surface area contributed by atoms with Crippen LogP contribution in [0.1, 0.15) is 28.2 Å². The van der Waals surface area contributed by atoms with Crippen molar-refractivity contribution in [1.29, 1.82) is 0 Å². The van der Waals surface area contributed by atoms with Gasteiger partial charge in [-0.3, -0.25) is 4.90 Å². The summed E-state index contributed by atoms with van der Waals surface area (Å²) in [4.78, 5) is 2.29. The van der Waals surface area contributed by atoms with Crippen molar-refractivity contribution in [3.05, 3.63) is 118 Å². The number of aliphatic hydroxyl groups is 1. The van der Waals surface area contributed by atoms with Crippen LogP contribution in [-0.2, 0) is 23.4 Å². The molecule has 31 heavy (non-hydrogen) atoms. The summed E-state index contributed by atoms with van der Waals surface area (Å²) < 4.78 is 11.6. The fourth-order valence-electron chi connectivity index (χ4n) is 3.76. The fourth-order valence-corrected chi connectivity index (χ4v) is 4.42. The largest absolute Gasteiger partial charge is 0.461 e. The Morgan fingerprint density at radius 3 is 2.16 bits per heavy atom. The van der Waals surface area contributed by atoms with Crippen molar-refractivity contribution < 1.29 is 14.3 Å². The molecule has 4 aromatic rings. The highest BCUT2D eigenvalue weighted by molar-refractivity contribution is 7.07. The Hall–Kier alpha value is -2.70. The number of rotatable bonds is 10. The van der Waals surface area contributed by atoms with E-state index in [2.05, 4.69) is 21.7 Å². The van der Waals surface area contributed by atoms with Gasteiger partial charge in [-0.25, -0.2) is 0 Å². The Morgan fingerprint density at radius 2 is 1.58 bits per heavy atom. The molecule has 0 bridgehead atoms. The third kappa shape index (κ3) is 4.97. The Bertz CT molecular complexity index is 1010. The van der Waals surface area contributed by atoms with Crippen molar-refractivity contribution in [2.45, 2.75) is 18.7 Å². The van der Waals surface area contributed by atoms with Gasteiger partial charge in [0.2, 0.25) is 0 Å². The maximum atomic E-state index is 11.9. The first-order valence-corrected chi connectivity index (χ1v) is 11.3. The fraction of sp³-hybridized carbons (Fsp3) is 0.231.